The number of amides is 1. The fourth-order valence-electron chi connectivity index (χ4n) is 4.73. The van der Waals surface area contributed by atoms with Gasteiger partial charge in [0.05, 0.1) is 11.6 Å². The molecule has 1 fully saturated rings. The highest BCUT2D eigenvalue weighted by Gasteiger charge is 2.47. The van der Waals surface area contributed by atoms with Crippen molar-refractivity contribution >= 4 is 50.4 Å². The molecular formula is C30H32BrN3O3. The van der Waals surface area contributed by atoms with Gasteiger partial charge in [0.25, 0.3) is 11.7 Å². The second-order valence-corrected chi connectivity index (χ2v) is 10.2. The summed E-state index contributed by atoms with van der Waals surface area (Å²) in [6.07, 6.45) is 0. The lowest BCUT2D eigenvalue weighted by atomic mass is 9.94. The molecular weight excluding hydrogens is 530 g/mol. The predicted octanol–water partition coefficient (Wildman–Crippen LogP) is 6.30. The van der Waals surface area contributed by atoms with Crippen LogP contribution in [0.5, 0.6) is 0 Å². The SMILES string of the molecule is CCN(CC)c1ccc(N2C(=O)C(=O)/C(=C(\O)c3ccc(Br)c(C)c3)C2c2ccc(N(C)C)cc2)cc1. The van der Waals surface area contributed by atoms with Crippen molar-refractivity contribution in [3.05, 3.63) is 93.5 Å². The first-order valence-corrected chi connectivity index (χ1v) is 13.2. The van der Waals surface area contributed by atoms with Crippen LogP contribution < -0.4 is 14.7 Å². The maximum Gasteiger partial charge on any atom is 0.300 e. The van der Waals surface area contributed by atoms with E-state index in [1.54, 1.807) is 12.1 Å². The van der Waals surface area contributed by atoms with E-state index in [1.807, 2.05) is 80.5 Å². The normalized spacial score (nSPS) is 16.8. The van der Waals surface area contributed by atoms with Crippen LogP contribution in [0, 0.1) is 6.92 Å². The van der Waals surface area contributed by atoms with Gasteiger partial charge in [0.15, 0.2) is 0 Å². The van der Waals surface area contributed by atoms with E-state index in [2.05, 4.69) is 34.7 Å². The molecule has 1 N–H and O–H groups in total. The van der Waals surface area contributed by atoms with Crippen LogP contribution in [0.4, 0.5) is 17.1 Å². The number of halogens is 1. The minimum Gasteiger partial charge on any atom is -0.507 e. The summed E-state index contributed by atoms with van der Waals surface area (Å²) in [4.78, 5) is 32.6. The number of carbonyl (C=O) groups excluding carboxylic acids is 2. The van der Waals surface area contributed by atoms with Gasteiger partial charge in [0, 0.05) is 54.3 Å². The number of ketones is 1. The van der Waals surface area contributed by atoms with E-state index in [0.717, 1.165) is 40.1 Å². The van der Waals surface area contributed by atoms with Gasteiger partial charge >= 0.3 is 0 Å². The van der Waals surface area contributed by atoms with Crippen LogP contribution >= 0.6 is 15.9 Å². The first kappa shape index (κ1) is 26.5. The van der Waals surface area contributed by atoms with Crippen molar-refractivity contribution in [2.75, 3.05) is 41.9 Å². The van der Waals surface area contributed by atoms with Gasteiger partial charge in [0.1, 0.15) is 5.76 Å². The van der Waals surface area contributed by atoms with Gasteiger partial charge in [0.2, 0.25) is 0 Å². The van der Waals surface area contributed by atoms with Gasteiger partial charge in [-0.25, -0.2) is 0 Å². The van der Waals surface area contributed by atoms with Crippen LogP contribution in [0.1, 0.15) is 36.6 Å². The maximum atomic E-state index is 13.5. The van der Waals surface area contributed by atoms with Crippen molar-refractivity contribution in [1.29, 1.82) is 0 Å². The Kier molecular flexibility index (Phi) is 7.73. The van der Waals surface area contributed by atoms with Gasteiger partial charge in [-0.05, 0) is 80.4 Å². The Balaban J connectivity index is 1.88. The molecule has 3 aromatic carbocycles. The Labute approximate surface area is 226 Å². The number of carbonyl (C=O) groups is 2. The molecule has 3 aromatic rings. The molecule has 1 saturated heterocycles. The summed E-state index contributed by atoms with van der Waals surface area (Å²) in [5, 5.41) is 11.4. The molecule has 1 unspecified atom stereocenters. The topological polar surface area (TPSA) is 64.1 Å². The Bertz CT molecular complexity index is 1340. The quantitative estimate of drug-likeness (QED) is 0.208. The fraction of sp³-hybridized carbons (Fsp3) is 0.267. The van der Waals surface area contributed by atoms with Crippen molar-refractivity contribution < 1.29 is 14.7 Å². The third kappa shape index (κ3) is 5.01. The lowest BCUT2D eigenvalue weighted by molar-refractivity contribution is -0.132. The Morgan fingerprint density at radius 3 is 2.05 bits per heavy atom. The van der Waals surface area contributed by atoms with Crippen molar-refractivity contribution in [2.24, 2.45) is 0 Å². The van der Waals surface area contributed by atoms with Crippen LogP contribution in [-0.2, 0) is 9.59 Å². The zero-order valence-corrected chi connectivity index (χ0v) is 23.4. The number of benzene rings is 3. The number of Topliss-reactive ketones (excluding diaryl/α,β-unsaturated/α-hetero) is 1. The standard InChI is InChI=1S/C30H32BrN3O3/c1-6-33(7-2)23-13-15-24(16-14-23)34-27(20-8-11-22(12-9-20)32(4)5)26(29(36)30(34)37)28(35)21-10-17-25(31)19(3)18-21/h8-18,27,35H,6-7H2,1-5H3/b28-26-. The van der Waals surface area contributed by atoms with E-state index in [1.165, 1.54) is 4.90 Å². The van der Waals surface area contributed by atoms with E-state index in [0.29, 0.717) is 11.3 Å². The van der Waals surface area contributed by atoms with Crippen molar-refractivity contribution in [1.82, 2.24) is 0 Å². The molecule has 0 bridgehead atoms. The molecule has 1 amide bonds. The van der Waals surface area contributed by atoms with Crippen molar-refractivity contribution in [3.63, 3.8) is 0 Å². The molecule has 0 aromatic heterocycles. The second kappa shape index (κ2) is 10.8. The zero-order valence-electron chi connectivity index (χ0n) is 21.8. The summed E-state index contributed by atoms with van der Waals surface area (Å²) in [5.41, 5.74) is 4.87. The van der Waals surface area contributed by atoms with Crippen LogP contribution in [0.25, 0.3) is 5.76 Å². The fourth-order valence-corrected chi connectivity index (χ4v) is 4.98. The number of nitrogens with zero attached hydrogens (tertiary/aromatic N) is 3. The molecule has 0 radical (unpaired) electrons. The van der Waals surface area contributed by atoms with E-state index in [9.17, 15) is 14.7 Å². The molecule has 1 heterocycles. The smallest absolute Gasteiger partial charge is 0.300 e. The highest BCUT2D eigenvalue weighted by molar-refractivity contribution is 9.10. The lowest BCUT2D eigenvalue weighted by Crippen LogP contribution is -2.29. The first-order chi connectivity index (χ1) is 17.7. The molecule has 37 heavy (non-hydrogen) atoms. The van der Waals surface area contributed by atoms with E-state index >= 15 is 0 Å². The average Bonchev–Trinajstić information content (AvgIpc) is 3.16. The number of hydrogen-bond donors (Lipinski definition) is 1. The highest BCUT2D eigenvalue weighted by atomic mass is 79.9. The average molecular weight is 563 g/mol. The molecule has 1 aliphatic heterocycles. The number of aryl methyl sites for hydroxylation is 1. The molecule has 1 aliphatic rings. The molecule has 7 heteroatoms. The molecule has 4 rings (SSSR count). The maximum absolute atomic E-state index is 13.5. The van der Waals surface area contributed by atoms with Crippen LogP contribution in [0.3, 0.4) is 0 Å². The summed E-state index contributed by atoms with van der Waals surface area (Å²) in [7, 11) is 3.91. The summed E-state index contributed by atoms with van der Waals surface area (Å²) in [6, 6.07) is 20.0. The lowest BCUT2D eigenvalue weighted by Gasteiger charge is -2.27. The monoisotopic (exact) mass is 561 g/mol. The molecule has 6 nitrogen and oxygen atoms in total. The van der Waals surface area contributed by atoms with Crippen LogP contribution in [-0.4, -0.2) is 44.0 Å². The van der Waals surface area contributed by atoms with Crippen LogP contribution in [0.15, 0.2) is 76.8 Å². The highest BCUT2D eigenvalue weighted by Crippen LogP contribution is 2.43. The third-order valence-corrected chi connectivity index (χ3v) is 7.75. The summed E-state index contributed by atoms with van der Waals surface area (Å²) < 4.78 is 0.897. The molecule has 1 atom stereocenters. The summed E-state index contributed by atoms with van der Waals surface area (Å²) >= 11 is 3.48. The van der Waals surface area contributed by atoms with Crippen molar-refractivity contribution in [2.45, 2.75) is 26.8 Å². The Morgan fingerprint density at radius 1 is 0.919 bits per heavy atom. The van der Waals surface area contributed by atoms with E-state index < -0.39 is 17.7 Å². The third-order valence-electron chi connectivity index (χ3n) is 6.86. The number of aliphatic hydroxyl groups excluding tert-OH is 1. The summed E-state index contributed by atoms with van der Waals surface area (Å²) in [5.74, 6) is -1.54. The summed E-state index contributed by atoms with van der Waals surface area (Å²) in [6.45, 7) is 7.83. The van der Waals surface area contributed by atoms with Gasteiger partial charge in [-0.1, -0.05) is 34.1 Å². The molecule has 192 valence electrons. The number of anilines is 3. The van der Waals surface area contributed by atoms with Gasteiger partial charge in [-0.2, -0.15) is 0 Å². The van der Waals surface area contributed by atoms with Crippen molar-refractivity contribution in [3.8, 4) is 0 Å². The minimum atomic E-state index is -0.764. The Morgan fingerprint density at radius 2 is 1.51 bits per heavy atom. The first-order valence-electron chi connectivity index (χ1n) is 12.4. The second-order valence-electron chi connectivity index (χ2n) is 9.31. The number of aliphatic hydroxyl groups is 1. The molecule has 0 aliphatic carbocycles. The van der Waals surface area contributed by atoms with Gasteiger partial charge in [-0.15, -0.1) is 0 Å². The predicted molar refractivity (Wildman–Crippen MR) is 154 cm³/mol. The number of hydrogen-bond acceptors (Lipinski definition) is 5. The molecule has 0 saturated carbocycles. The Hall–Kier alpha value is -3.58. The van der Waals surface area contributed by atoms with E-state index in [-0.39, 0.29) is 11.3 Å². The largest absolute Gasteiger partial charge is 0.507 e. The van der Waals surface area contributed by atoms with E-state index in [4.69, 9.17) is 0 Å². The van der Waals surface area contributed by atoms with Gasteiger partial charge in [-0.3, -0.25) is 14.5 Å². The zero-order chi connectivity index (χ0) is 26.9. The van der Waals surface area contributed by atoms with Crippen LogP contribution in [0.2, 0.25) is 0 Å². The molecule has 0 spiro atoms. The number of rotatable bonds is 7. The minimum absolute atomic E-state index is 0.0807. The van der Waals surface area contributed by atoms with Gasteiger partial charge < -0.3 is 14.9 Å².